The van der Waals surface area contributed by atoms with Crippen molar-refractivity contribution in [3.05, 3.63) is 34.9 Å². The maximum atomic E-state index is 13.2. The highest BCUT2D eigenvalue weighted by atomic mass is 35.5. The second kappa shape index (κ2) is 13.1. The number of benzene rings is 1. The lowest BCUT2D eigenvalue weighted by molar-refractivity contribution is -0.127. The molecular formula is C27H38ClN3O5. The van der Waals surface area contributed by atoms with Crippen LogP contribution in [0.2, 0.25) is 5.02 Å². The molecule has 3 rings (SSSR count). The van der Waals surface area contributed by atoms with Crippen LogP contribution in [0.25, 0.3) is 0 Å². The van der Waals surface area contributed by atoms with E-state index in [9.17, 15) is 19.2 Å². The van der Waals surface area contributed by atoms with Gasteiger partial charge in [0.15, 0.2) is 0 Å². The molecule has 0 bridgehead atoms. The molecule has 0 radical (unpaired) electrons. The van der Waals surface area contributed by atoms with Gasteiger partial charge in [0.25, 0.3) is 0 Å². The Morgan fingerprint density at radius 2 is 1.92 bits per heavy atom. The summed E-state index contributed by atoms with van der Waals surface area (Å²) < 4.78 is 5.71. The lowest BCUT2D eigenvalue weighted by Gasteiger charge is -2.30. The Labute approximate surface area is 218 Å². The van der Waals surface area contributed by atoms with Crippen molar-refractivity contribution >= 4 is 35.8 Å². The predicted octanol–water partition coefficient (Wildman–Crippen LogP) is 3.94. The molecule has 9 heteroatoms. The lowest BCUT2D eigenvalue weighted by Crippen LogP contribution is -2.52. The van der Waals surface area contributed by atoms with Gasteiger partial charge in [-0.2, -0.15) is 0 Å². The van der Waals surface area contributed by atoms with Gasteiger partial charge in [0.2, 0.25) is 11.8 Å². The third-order valence-electron chi connectivity index (χ3n) is 6.98. The Kier molecular flexibility index (Phi) is 10.2. The summed E-state index contributed by atoms with van der Waals surface area (Å²) >= 11 is 6.08. The van der Waals surface area contributed by atoms with Crippen LogP contribution < -0.4 is 16.0 Å². The van der Waals surface area contributed by atoms with Gasteiger partial charge in [-0.05, 0) is 56.7 Å². The fourth-order valence-electron chi connectivity index (χ4n) is 5.19. The van der Waals surface area contributed by atoms with E-state index in [1.54, 1.807) is 19.9 Å². The molecule has 8 nitrogen and oxygen atoms in total. The van der Waals surface area contributed by atoms with Crippen molar-refractivity contribution < 1.29 is 23.9 Å². The van der Waals surface area contributed by atoms with Crippen molar-refractivity contribution in [3.63, 3.8) is 0 Å². The topological polar surface area (TPSA) is 114 Å². The standard InChI is InChI=1S/C27H38ClN3O5/c1-27(2,16-19-9-6-10-21(28)13-19)36-26(35)31-23(14-18-7-4-3-5-8-18)25(34)30-22(17-32)15-20-11-12-29-24(20)33/h6,9-10,13,17-18,20,22-23H,3-5,7-8,11-12,14-16H2,1-2H3,(H,29,33)(H,30,34)(H,31,35)/t20-,22-,23-/m0/s1. The second-order valence-corrected chi connectivity index (χ2v) is 11.1. The summed E-state index contributed by atoms with van der Waals surface area (Å²) in [4.78, 5) is 49.7. The van der Waals surface area contributed by atoms with Gasteiger partial charge in [-0.1, -0.05) is 55.8 Å². The number of nitrogens with one attached hydrogen (secondary N) is 3. The molecule has 0 aromatic heterocycles. The number of hydrogen-bond donors (Lipinski definition) is 3. The van der Waals surface area contributed by atoms with E-state index in [0.717, 1.165) is 31.2 Å². The molecule has 198 valence electrons. The fraction of sp³-hybridized carbons (Fsp3) is 0.630. The number of ether oxygens (including phenoxy) is 1. The lowest BCUT2D eigenvalue weighted by atomic mass is 9.84. The summed E-state index contributed by atoms with van der Waals surface area (Å²) in [7, 11) is 0. The number of carbonyl (C=O) groups excluding carboxylic acids is 4. The molecule has 2 fully saturated rings. The summed E-state index contributed by atoms with van der Waals surface area (Å²) in [5.41, 5.74) is 0.100. The van der Waals surface area contributed by atoms with Gasteiger partial charge in [-0.25, -0.2) is 4.79 Å². The zero-order chi connectivity index (χ0) is 26.1. The van der Waals surface area contributed by atoms with Gasteiger partial charge >= 0.3 is 6.09 Å². The summed E-state index contributed by atoms with van der Waals surface area (Å²) in [6, 6.07) is 5.75. The molecule has 0 spiro atoms. The third kappa shape index (κ3) is 8.80. The minimum Gasteiger partial charge on any atom is -0.443 e. The van der Waals surface area contributed by atoms with Crippen LogP contribution in [0.5, 0.6) is 0 Å². The Balaban J connectivity index is 1.63. The van der Waals surface area contributed by atoms with Gasteiger partial charge in [0.05, 0.1) is 6.04 Å². The average molecular weight is 520 g/mol. The smallest absolute Gasteiger partial charge is 0.408 e. The Bertz CT molecular complexity index is 932. The highest BCUT2D eigenvalue weighted by Gasteiger charge is 2.32. The minimum absolute atomic E-state index is 0.0986. The number of aldehydes is 1. The number of carbonyl (C=O) groups is 4. The number of hydrogen-bond acceptors (Lipinski definition) is 5. The maximum absolute atomic E-state index is 13.2. The number of halogens is 1. The van der Waals surface area contributed by atoms with Crippen molar-refractivity contribution in [1.82, 2.24) is 16.0 Å². The molecule has 3 N–H and O–H groups in total. The van der Waals surface area contributed by atoms with E-state index in [0.29, 0.717) is 43.0 Å². The van der Waals surface area contributed by atoms with E-state index < -0.39 is 29.7 Å². The molecule has 1 aromatic carbocycles. The van der Waals surface area contributed by atoms with Crippen molar-refractivity contribution in [2.75, 3.05) is 6.54 Å². The minimum atomic E-state index is -0.832. The summed E-state index contributed by atoms with van der Waals surface area (Å²) in [5.74, 6) is -0.522. The first-order valence-corrected chi connectivity index (χ1v) is 13.3. The van der Waals surface area contributed by atoms with Gasteiger partial charge in [0, 0.05) is 23.9 Å². The van der Waals surface area contributed by atoms with Crippen molar-refractivity contribution in [3.8, 4) is 0 Å². The van der Waals surface area contributed by atoms with Crippen molar-refractivity contribution in [2.45, 2.75) is 89.3 Å². The van der Waals surface area contributed by atoms with Crippen LogP contribution in [-0.2, 0) is 25.5 Å². The molecule has 1 aromatic rings. The highest BCUT2D eigenvalue weighted by molar-refractivity contribution is 6.30. The molecule has 3 atom stereocenters. The quantitative estimate of drug-likeness (QED) is 0.383. The van der Waals surface area contributed by atoms with Gasteiger partial charge in [0.1, 0.15) is 17.9 Å². The highest BCUT2D eigenvalue weighted by Crippen LogP contribution is 2.28. The Hall–Kier alpha value is -2.61. The van der Waals surface area contributed by atoms with E-state index in [1.807, 2.05) is 18.2 Å². The normalized spacial score (nSPS) is 20.2. The van der Waals surface area contributed by atoms with Gasteiger partial charge in [-0.3, -0.25) is 9.59 Å². The van der Waals surface area contributed by atoms with Crippen LogP contribution in [0.1, 0.15) is 70.8 Å². The average Bonchev–Trinajstić information content (AvgIpc) is 3.22. The van der Waals surface area contributed by atoms with Gasteiger partial charge in [-0.15, -0.1) is 0 Å². The Morgan fingerprint density at radius 1 is 1.17 bits per heavy atom. The van der Waals surface area contributed by atoms with E-state index >= 15 is 0 Å². The molecule has 0 unspecified atom stereocenters. The zero-order valence-electron chi connectivity index (χ0n) is 21.2. The molecule has 1 aliphatic carbocycles. The van der Waals surface area contributed by atoms with Crippen LogP contribution in [0.4, 0.5) is 4.79 Å². The summed E-state index contributed by atoms with van der Waals surface area (Å²) in [6.07, 6.45) is 7.17. The Morgan fingerprint density at radius 3 is 2.56 bits per heavy atom. The zero-order valence-corrected chi connectivity index (χ0v) is 21.9. The molecule has 1 aliphatic heterocycles. The van der Waals surface area contributed by atoms with E-state index in [1.165, 1.54) is 6.42 Å². The van der Waals surface area contributed by atoms with E-state index in [-0.39, 0.29) is 18.2 Å². The van der Waals surface area contributed by atoms with Crippen LogP contribution in [0.15, 0.2) is 24.3 Å². The fourth-order valence-corrected chi connectivity index (χ4v) is 5.41. The molecule has 2 aliphatic rings. The monoisotopic (exact) mass is 519 g/mol. The summed E-state index contributed by atoms with van der Waals surface area (Å²) in [5, 5.41) is 8.86. The first-order valence-electron chi connectivity index (χ1n) is 12.9. The largest absolute Gasteiger partial charge is 0.443 e. The number of alkyl carbamates (subject to hydrolysis) is 1. The third-order valence-corrected chi connectivity index (χ3v) is 7.22. The molecule has 1 saturated heterocycles. The number of rotatable bonds is 11. The molecule has 1 heterocycles. The van der Waals surface area contributed by atoms with Crippen LogP contribution in [-0.4, -0.2) is 48.4 Å². The van der Waals surface area contributed by atoms with Crippen LogP contribution in [0, 0.1) is 11.8 Å². The first-order chi connectivity index (χ1) is 17.1. The summed E-state index contributed by atoms with van der Waals surface area (Å²) in [6.45, 7) is 4.18. The SMILES string of the molecule is CC(C)(Cc1cccc(Cl)c1)OC(=O)N[C@@H](CC1CCCCC1)C(=O)N[C@H](C=O)C[C@@H]1CCNC1=O. The maximum Gasteiger partial charge on any atom is 0.408 e. The van der Waals surface area contributed by atoms with E-state index in [2.05, 4.69) is 16.0 Å². The van der Waals surface area contributed by atoms with Crippen molar-refractivity contribution in [2.24, 2.45) is 11.8 Å². The molecule has 3 amide bonds. The van der Waals surface area contributed by atoms with Gasteiger partial charge < -0.3 is 25.5 Å². The predicted molar refractivity (Wildman–Crippen MR) is 138 cm³/mol. The van der Waals surface area contributed by atoms with Crippen LogP contribution >= 0.6 is 11.6 Å². The molecule has 36 heavy (non-hydrogen) atoms. The van der Waals surface area contributed by atoms with E-state index in [4.69, 9.17) is 16.3 Å². The van der Waals surface area contributed by atoms with Crippen molar-refractivity contribution in [1.29, 1.82) is 0 Å². The number of amides is 3. The molecular weight excluding hydrogens is 482 g/mol. The molecule has 1 saturated carbocycles. The first kappa shape index (κ1) is 28.0. The van der Waals surface area contributed by atoms with Crippen LogP contribution in [0.3, 0.4) is 0 Å². The second-order valence-electron chi connectivity index (χ2n) is 10.7.